The second-order valence-corrected chi connectivity index (χ2v) is 8.95. The van der Waals surface area contributed by atoms with Gasteiger partial charge in [-0.05, 0) is 73.1 Å². The highest BCUT2D eigenvalue weighted by Gasteiger charge is 2.43. The first-order valence-electron chi connectivity index (χ1n) is 11.5. The molecule has 1 fully saturated rings. The number of unbranched alkanes of at least 4 members (excludes halogenated alkanes) is 1. The molecule has 0 aromatic heterocycles. The number of fused-ring (bicyclic) bond motifs is 3. The second kappa shape index (κ2) is 8.64. The average Bonchev–Trinajstić information content (AvgIpc) is 2.74. The summed E-state index contributed by atoms with van der Waals surface area (Å²) in [6.07, 6.45) is 5.60. The van der Waals surface area contributed by atoms with Gasteiger partial charge in [-0.2, -0.15) is 8.78 Å². The maximum absolute atomic E-state index is 15.0. The second-order valence-electron chi connectivity index (χ2n) is 8.95. The number of ether oxygens (including phenoxy) is 1. The lowest BCUT2D eigenvalue weighted by Gasteiger charge is -2.32. The zero-order chi connectivity index (χ0) is 21.3. The normalized spacial score (nSPS) is 22.2. The van der Waals surface area contributed by atoms with Crippen LogP contribution in [0.5, 0.6) is 5.75 Å². The molecular weight excluding hydrogens is 385 g/mol. The SMILES string of the molecule is CCCCc1ccc2c(c1F)OC(F)(F)c1cc(C3CCC(CCC)CC3)ccc1-2. The van der Waals surface area contributed by atoms with Gasteiger partial charge < -0.3 is 4.74 Å². The van der Waals surface area contributed by atoms with Gasteiger partial charge in [0.15, 0.2) is 11.6 Å². The molecule has 0 spiro atoms. The molecule has 0 N–H and O–H groups in total. The molecule has 4 rings (SSSR count). The van der Waals surface area contributed by atoms with E-state index in [1.807, 2.05) is 13.0 Å². The van der Waals surface area contributed by atoms with Gasteiger partial charge in [0, 0.05) is 5.56 Å². The maximum atomic E-state index is 15.0. The van der Waals surface area contributed by atoms with Crippen molar-refractivity contribution in [3.05, 3.63) is 52.8 Å². The Kier molecular flexibility index (Phi) is 6.13. The summed E-state index contributed by atoms with van der Waals surface area (Å²) < 4.78 is 49.8. The molecule has 1 aliphatic heterocycles. The fourth-order valence-corrected chi connectivity index (χ4v) is 5.14. The molecule has 1 aliphatic carbocycles. The van der Waals surface area contributed by atoms with Crippen molar-refractivity contribution in [1.82, 2.24) is 0 Å². The molecular formula is C26H31F3O. The fraction of sp³-hybridized carbons (Fsp3) is 0.538. The molecule has 0 radical (unpaired) electrons. The monoisotopic (exact) mass is 416 g/mol. The Balaban J connectivity index is 1.65. The van der Waals surface area contributed by atoms with E-state index in [-0.39, 0.29) is 11.3 Å². The summed E-state index contributed by atoms with van der Waals surface area (Å²) in [5, 5.41) is 0. The van der Waals surface area contributed by atoms with E-state index in [0.717, 1.165) is 50.0 Å². The van der Waals surface area contributed by atoms with Crippen LogP contribution in [0.4, 0.5) is 13.2 Å². The number of benzene rings is 2. The molecule has 1 nitrogen and oxygen atoms in total. The van der Waals surface area contributed by atoms with Crippen LogP contribution in [-0.2, 0) is 12.5 Å². The van der Waals surface area contributed by atoms with Crippen molar-refractivity contribution in [1.29, 1.82) is 0 Å². The number of alkyl halides is 2. The average molecular weight is 417 g/mol. The standard InChI is InChI=1S/C26H31F3O/c1-3-5-7-19-12-15-22-21-14-13-20(18-10-8-17(6-4-2)9-11-18)16-23(21)26(28,29)30-25(22)24(19)27/h12-18H,3-11H2,1-2H3. The Morgan fingerprint density at radius 3 is 2.40 bits per heavy atom. The van der Waals surface area contributed by atoms with E-state index >= 15 is 0 Å². The lowest BCUT2D eigenvalue weighted by Crippen LogP contribution is -2.28. The first-order valence-corrected chi connectivity index (χ1v) is 11.5. The van der Waals surface area contributed by atoms with Crippen molar-refractivity contribution < 1.29 is 17.9 Å². The van der Waals surface area contributed by atoms with Crippen molar-refractivity contribution in [3.8, 4) is 16.9 Å². The summed E-state index contributed by atoms with van der Waals surface area (Å²) >= 11 is 0. The van der Waals surface area contributed by atoms with E-state index in [9.17, 15) is 13.2 Å². The molecule has 0 amide bonds. The Morgan fingerprint density at radius 1 is 0.967 bits per heavy atom. The van der Waals surface area contributed by atoms with Gasteiger partial charge in [-0.15, -0.1) is 0 Å². The molecule has 2 aromatic carbocycles. The molecule has 162 valence electrons. The van der Waals surface area contributed by atoms with Gasteiger partial charge in [-0.25, -0.2) is 4.39 Å². The number of rotatable bonds is 6. The third-order valence-corrected chi connectivity index (χ3v) is 6.87. The van der Waals surface area contributed by atoms with E-state index in [1.54, 1.807) is 24.3 Å². The van der Waals surface area contributed by atoms with E-state index in [1.165, 1.54) is 12.8 Å². The molecule has 2 aliphatic rings. The topological polar surface area (TPSA) is 9.23 Å². The zero-order valence-electron chi connectivity index (χ0n) is 17.9. The van der Waals surface area contributed by atoms with Crippen LogP contribution in [-0.4, -0.2) is 0 Å². The van der Waals surface area contributed by atoms with Crippen LogP contribution in [0, 0.1) is 11.7 Å². The number of aryl methyl sites for hydroxylation is 1. The van der Waals surface area contributed by atoms with E-state index in [0.29, 0.717) is 29.0 Å². The van der Waals surface area contributed by atoms with Gasteiger partial charge in [-0.1, -0.05) is 57.4 Å². The molecule has 0 bridgehead atoms. The Morgan fingerprint density at radius 2 is 1.70 bits per heavy atom. The molecule has 1 heterocycles. The minimum absolute atomic E-state index is 0.135. The first-order chi connectivity index (χ1) is 14.4. The van der Waals surface area contributed by atoms with E-state index in [4.69, 9.17) is 4.74 Å². The third-order valence-electron chi connectivity index (χ3n) is 6.87. The molecule has 0 unspecified atom stereocenters. The quantitative estimate of drug-likeness (QED) is 0.460. The molecule has 4 heteroatoms. The highest BCUT2D eigenvalue weighted by atomic mass is 19.3. The van der Waals surface area contributed by atoms with Crippen molar-refractivity contribution in [3.63, 3.8) is 0 Å². The molecule has 2 aromatic rings. The van der Waals surface area contributed by atoms with Crippen molar-refractivity contribution in [2.75, 3.05) is 0 Å². The van der Waals surface area contributed by atoms with Crippen LogP contribution in [0.2, 0.25) is 0 Å². The maximum Gasteiger partial charge on any atom is 0.427 e. The minimum Gasteiger partial charge on any atom is -0.425 e. The molecule has 30 heavy (non-hydrogen) atoms. The van der Waals surface area contributed by atoms with Crippen molar-refractivity contribution >= 4 is 0 Å². The molecule has 1 saturated carbocycles. The number of hydrogen-bond acceptors (Lipinski definition) is 1. The van der Waals surface area contributed by atoms with Crippen molar-refractivity contribution in [2.45, 2.75) is 83.7 Å². The van der Waals surface area contributed by atoms with Gasteiger partial charge in [0.05, 0.1) is 5.56 Å². The van der Waals surface area contributed by atoms with Crippen LogP contribution in [0.25, 0.3) is 11.1 Å². The summed E-state index contributed by atoms with van der Waals surface area (Å²) in [5.74, 6) is 0.123. The van der Waals surface area contributed by atoms with Crippen LogP contribution in [0.1, 0.15) is 87.8 Å². The van der Waals surface area contributed by atoms with Crippen LogP contribution >= 0.6 is 0 Å². The first kappa shape index (κ1) is 21.3. The lowest BCUT2D eigenvalue weighted by molar-refractivity contribution is -0.188. The lowest BCUT2D eigenvalue weighted by atomic mass is 9.76. The summed E-state index contributed by atoms with van der Waals surface area (Å²) in [4.78, 5) is 0. The summed E-state index contributed by atoms with van der Waals surface area (Å²) in [6.45, 7) is 4.23. The highest BCUT2D eigenvalue weighted by molar-refractivity contribution is 5.77. The van der Waals surface area contributed by atoms with Crippen LogP contribution in [0.15, 0.2) is 30.3 Å². The van der Waals surface area contributed by atoms with E-state index < -0.39 is 11.9 Å². The van der Waals surface area contributed by atoms with Crippen LogP contribution < -0.4 is 4.74 Å². The summed E-state index contributed by atoms with van der Waals surface area (Å²) in [7, 11) is 0. The largest absolute Gasteiger partial charge is 0.427 e. The zero-order valence-corrected chi connectivity index (χ0v) is 17.9. The van der Waals surface area contributed by atoms with Gasteiger partial charge in [0.25, 0.3) is 0 Å². The minimum atomic E-state index is -3.53. The third kappa shape index (κ3) is 3.98. The summed E-state index contributed by atoms with van der Waals surface area (Å²) in [5.41, 5.74) is 2.06. The van der Waals surface area contributed by atoms with Gasteiger partial charge in [0.1, 0.15) is 0 Å². The van der Waals surface area contributed by atoms with E-state index in [2.05, 4.69) is 6.92 Å². The predicted molar refractivity (Wildman–Crippen MR) is 115 cm³/mol. The van der Waals surface area contributed by atoms with Crippen LogP contribution in [0.3, 0.4) is 0 Å². The Labute approximate surface area is 177 Å². The summed E-state index contributed by atoms with van der Waals surface area (Å²) in [6, 6.07) is 8.74. The highest BCUT2D eigenvalue weighted by Crippen LogP contribution is 2.50. The van der Waals surface area contributed by atoms with Crippen molar-refractivity contribution in [2.24, 2.45) is 5.92 Å². The van der Waals surface area contributed by atoms with Gasteiger partial charge >= 0.3 is 6.11 Å². The smallest absolute Gasteiger partial charge is 0.425 e. The fourth-order valence-electron chi connectivity index (χ4n) is 5.14. The molecule has 0 saturated heterocycles. The Bertz CT molecular complexity index is 897. The number of halogens is 3. The van der Waals surface area contributed by atoms with Gasteiger partial charge in [-0.3, -0.25) is 0 Å². The predicted octanol–water partition coefficient (Wildman–Crippen LogP) is 8.35. The number of hydrogen-bond donors (Lipinski definition) is 0. The van der Waals surface area contributed by atoms with Gasteiger partial charge in [0.2, 0.25) is 0 Å². The molecule has 0 atom stereocenters. The Hall–Kier alpha value is -1.97.